The minimum atomic E-state index is 0.545. The maximum atomic E-state index is 5.58. The highest BCUT2D eigenvalue weighted by molar-refractivity contribution is 7.14. The lowest BCUT2D eigenvalue weighted by Crippen LogP contribution is -2.00. The molecule has 0 saturated heterocycles. The Hall–Kier alpha value is -1.36. The Bertz CT molecular complexity index is 462. The number of hydrogen-bond acceptors (Lipinski definition) is 4. The Morgan fingerprint density at radius 3 is 2.93 bits per heavy atom. The minimum Gasteiger partial charge on any atom is -0.382 e. The maximum absolute atomic E-state index is 5.58. The summed E-state index contributed by atoms with van der Waals surface area (Å²) in [6.07, 6.45) is 6.69. The number of aryl methyl sites for hydroxylation is 2. The predicted octanol–water partition coefficient (Wildman–Crippen LogP) is 1.79. The van der Waals surface area contributed by atoms with Crippen LogP contribution in [-0.2, 0) is 12.8 Å². The molecule has 3 rings (SSSR count). The summed E-state index contributed by atoms with van der Waals surface area (Å²) in [5, 5.41) is 5.11. The molecule has 0 spiro atoms. The second kappa shape index (κ2) is 3.34. The Labute approximate surface area is 91.7 Å². The minimum absolute atomic E-state index is 0.545. The van der Waals surface area contributed by atoms with Gasteiger partial charge < -0.3 is 5.73 Å². The first kappa shape index (κ1) is 8.91. The molecule has 0 bridgehead atoms. The zero-order valence-corrected chi connectivity index (χ0v) is 9.13. The van der Waals surface area contributed by atoms with Crippen molar-refractivity contribution in [2.75, 3.05) is 5.73 Å². The Kier molecular flexibility index (Phi) is 1.98. The molecule has 1 aliphatic rings. The molecule has 2 aromatic rings. The van der Waals surface area contributed by atoms with Crippen molar-refractivity contribution >= 4 is 17.2 Å². The van der Waals surface area contributed by atoms with Crippen molar-refractivity contribution in [1.82, 2.24) is 14.8 Å². The molecule has 0 aromatic carbocycles. The average Bonchev–Trinajstić information content (AvgIpc) is 2.82. The van der Waals surface area contributed by atoms with Gasteiger partial charge in [0.1, 0.15) is 5.82 Å². The van der Waals surface area contributed by atoms with Crippen LogP contribution in [0.3, 0.4) is 0 Å². The van der Waals surface area contributed by atoms with Crippen LogP contribution in [0.1, 0.15) is 23.4 Å². The number of aromatic nitrogens is 3. The van der Waals surface area contributed by atoms with Crippen molar-refractivity contribution in [3.8, 4) is 5.13 Å². The van der Waals surface area contributed by atoms with E-state index >= 15 is 0 Å². The molecule has 2 heterocycles. The number of nitrogens with zero attached hydrogens (tertiary/aromatic N) is 3. The molecule has 0 atom stereocenters. The monoisotopic (exact) mass is 220 g/mol. The van der Waals surface area contributed by atoms with Crippen LogP contribution in [0.2, 0.25) is 0 Å². The van der Waals surface area contributed by atoms with Gasteiger partial charge in [-0.25, -0.2) is 9.67 Å². The number of nitrogens with two attached hydrogens (primary N) is 1. The lowest BCUT2D eigenvalue weighted by Gasteiger charge is -2.06. The zero-order chi connectivity index (χ0) is 10.3. The summed E-state index contributed by atoms with van der Waals surface area (Å²) < 4.78 is 1.76. The van der Waals surface area contributed by atoms with Crippen LogP contribution >= 0.6 is 11.3 Å². The molecular formula is C10H12N4S. The van der Waals surface area contributed by atoms with E-state index in [-0.39, 0.29) is 0 Å². The summed E-state index contributed by atoms with van der Waals surface area (Å²) in [7, 11) is 0. The van der Waals surface area contributed by atoms with Gasteiger partial charge in [0.25, 0.3) is 0 Å². The van der Waals surface area contributed by atoms with Crippen LogP contribution in [0.15, 0.2) is 12.3 Å². The highest BCUT2D eigenvalue weighted by Gasteiger charge is 2.16. The zero-order valence-electron chi connectivity index (χ0n) is 8.31. The molecule has 0 aliphatic heterocycles. The SMILES string of the molecule is Nc1ccn(-c2nc3c(s2)CCCC3)n1. The van der Waals surface area contributed by atoms with Gasteiger partial charge in [-0.15, -0.1) is 5.10 Å². The van der Waals surface area contributed by atoms with Gasteiger partial charge in [-0.2, -0.15) is 0 Å². The van der Waals surface area contributed by atoms with Gasteiger partial charge in [-0.3, -0.25) is 0 Å². The third kappa shape index (κ3) is 1.52. The molecular weight excluding hydrogens is 208 g/mol. The lowest BCUT2D eigenvalue weighted by atomic mass is 10.0. The van der Waals surface area contributed by atoms with E-state index in [1.165, 1.54) is 29.8 Å². The largest absolute Gasteiger partial charge is 0.382 e. The molecule has 78 valence electrons. The lowest BCUT2D eigenvalue weighted by molar-refractivity contribution is 0.680. The van der Waals surface area contributed by atoms with Crippen LogP contribution in [0.25, 0.3) is 5.13 Å². The van der Waals surface area contributed by atoms with Crippen molar-refractivity contribution in [2.24, 2.45) is 0 Å². The average molecular weight is 220 g/mol. The fourth-order valence-electron chi connectivity index (χ4n) is 1.88. The van der Waals surface area contributed by atoms with Gasteiger partial charge in [0.2, 0.25) is 5.13 Å². The molecule has 0 unspecified atom stereocenters. The van der Waals surface area contributed by atoms with E-state index < -0.39 is 0 Å². The number of hydrogen-bond donors (Lipinski definition) is 1. The van der Waals surface area contributed by atoms with Crippen molar-refractivity contribution < 1.29 is 0 Å². The normalized spacial score (nSPS) is 15.2. The van der Waals surface area contributed by atoms with Crippen molar-refractivity contribution in [2.45, 2.75) is 25.7 Å². The predicted molar refractivity (Wildman–Crippen MR) is 60.3 cm³/mol. The second-order valence-electron chi connectivity index (χ2n) is 3.76. The summed E-state index contributed by atoms with van der Waals surface area (Å²) in [6, 6.07) is 1.79. The first-order valence-corrected chi connectivity index (χ1v) is 5.95. The molecule has 4 nitrogen and oxygen atoms in total. The highest BCUT2D eigenvalue weighted by atomic mass is 32.1. The summed E-state index contributed by atoms with van der Waals surface area (Å²) in [5.74, 6) is 0.545. The summed E-state index contributed by atoms with van der Waals surface area (Å²) >= 11 is 1.74. The summed E-state index contributed by atoms with van der Waals surface area (Å²) in [5.41, 5.74) is 6.84. The number of fused-ring (bicyclic) bond motifs is 1. The van der Waals surface area contributed by atoms with Gasteiger partial charge >= 0.3 is 0 Å². The summed E-state index contributed by atoms with van der Waals surface area (Å²) in [4.78, 5) is 6.02. The smallest absolute Gasteiger partial charge is 0.210 e. The topological polar surface area (TPSA) is 56.7 Å². The molecule has 0 amide bonds. The van der Waals surface area contributed by atoms with Crippen LogP contribution in [0.4, 0.5) is 5.82 Å². The van der Waals surface area contributed by atoms with Gasteiger partial charge in [-0.05, 0) is 25.7 Å². The first-order valence-electron chi connectivity index (χ1n) is 5.13. The van der Waals surface area contributed by atoms with E-state index in [9.17, 15) is 0 Å². The summed E-state index contributed by atoms with van der Waals surface area (Å²) in [6.45, 7) is 0. The Balaban J connectivity index is 2.02. The number of rotatable bonds is 1. The van der Waals surface area contributed by atoms with Crippen LogP contribution in [-0.4, -0.2) is 14.8 Å². The number of nitrogen functional groups attached to an aromatic ring is 1. The number of thiazole rings is 1. The van der Waals surface area contributed by atoms with E-state index in [1.807, 2.05) is 6.20 Å². The Morgan fingerprint density at radius 2 is 2.20 bits per heavy atom. The maximum Gasteiger partial charge on any atom is 0.210 e. The highest BCUT2D eigenvalue weighted by Crippen LogP contribution is 2.28. The molecule has 0 saturated carbocycles. The molecule has 0 fully saturated rings. The van der Waals surface area contributed by atoms with Gasteiger partial charge in [0.15, 0.2) is 0 Å². The van der Waals surface area contributed by atoms with Gasteiger partial charge in [0, 0.05) is 17.1 Å². The standard InChI is InChI=1S/C10H12N4S/c11-9-5-6-14(13-9)10-12-7-3-1-2-4-8(7)15-10/h5-6H,1-4H2,(H2,11,13). The van der Waals surface area contributed by atoms with Gasteiger partial charge in [0.05, 0.1) is 5.69 Å². The third-order valence-corrected chi connectivity index (χ3v) is 3.79. The van der Waals surface area contributed by atoms with E-state index in [0.717, 1.165) is 11.6 Å². The van der Waals surface area contributed by atoms with E-state index in [4.69, 9.17) is 5.73 Å². The fourth-order valence-corrected chi connectivity index (χ4v) is 2.96. The van der Waals surface area contributed by atoms with Gasteiger partial charge in [-0.1, -0.05) is 11.3 Å². The molecule has 1 aliphatic carbocycles. The first-order chi connectivity index (χ1) is 7.33. The van der Waals surface area contributed by atoms with E-state index in [2.05, 4.69) is 10.1 Å². The van der Waals surface area contributed by atoms with E-state index in [1.54, 1.807) is 22.1 Å². The van der Waals surface area contributed by atoms with E-state index in [0.29, 0.717) is 5.82 Å². The van der Waals surface area contributed by atoms with Crippen molar-refractivity contribution in [1.29, 1.82) is 0 Å². The van der Waals surface area contributed by atoms with Crippen molar-refractivity contribution in [3.05, 3.63) is 22.8 Å². The molecule has 5 heteroatoms. The van der Waals surface area contributed by atoms with Crippen molar-refractivity contribution in [3.63, 3.8) is 0 Å². The van der Waals surface area contributed by atoms with Crippen LogP contribution in [0, 0.1) is 0 Å². The molecule has 15 heavy (non-hydrogen) atoms. The molecule has 0 radical (unpaired) electrons. The Morgan fingerprint density at radius 1 is 1.33 bits per heavy atom. The third-order valence-electron chi connectivity index (χ3n) is 2.64. The molecule has 2 aromatic heterocycles. The van der Waals surface area contributed by atoms with Crippen LogP contribution < -0.4 is 5.73 Å². The van der Waals surface area contributed by atoms with Crippen LogP contribution in [0.5, 0.6) is 0 Å². The number of anilines is 1. The molecule has 2 N–H and O–H groups in total. The fraction of sp³-hybridized carbons (Fsp3) is 0.400. The quantitative estimate of drug-likeness (QED) is 0.797. The second-order valence-corrected chi connectivity index (χ2v) is 4.82.